The average Bonchev–Trinajstić information content (AvgIpc) is 2.87. The smallest absolute Gasteiger partial charge is 0.264 e. The molecule has 0 saturated heterocycles. The minimum atomic E-state index is -4.06. The lowest BCUT2D eigenvalue weighted by Crippen LogP contribution is -2.40. The number of nitrogens with one attached hydrogen (secondary N) is 1. The molecule has 0 radical (unpaired) electrons. The molecule has 3 rings (SSSR count). The fraction of sp³-hybridized carbons (Fsp3) is 0.185. The summed E-state index contributed by atoms with van der Waals surface area (Å²) in [5.41, 5.74) is 4.89. The molecule has 0 aliphatic heterocycles. The number of methoxy groups -OCH3 is 1. The van der Waals surface area contributed by atoms with Gasteiger partial charge in [0.05, 0.1) is 23.9 Å². The van der Waals surface area contributed by atoms with E-state index >= 15 is 0 Å². The van der Waals surface area contributed by atoms with Crippen molar-refractivity contribution >= 4 is 39.4 Å². The van der Waals surface area contributed by atoms with Gasteiger partial charge in [-0.1, -0.05) is 42.0 Å². The van der Waals surface area contributed by atoms with Crippen molar-refractivity contribution < 1.29 is 22.7 Å². The number of ether oxygens (including phenoxy) is 2. The first-order valence-electron chi connectivity index (χ1n) is 11.2. The van der Waals surface area contributed by atoms with Crippen molar-refractivity contribution in [1.82, 2.24) is 5.43 Å². The molecule has 0 saturated carbocycles. The predicted molar refractivity (Wildman–Crippen MR) is 146 cm³/mol. The lowest BCUT2D eigenvalue weighted by Gasteiger charge is -2.25. The predicted octanol–water partition coefficient (Wildman–Crippen LogP) is 4.88. The Morgan fingerprint density at radius 2 is 1.81 bits per heavy atom. The standard InChI is InChI=1S/C27H28ClN3O5S/c1-5-14-36-25-13-8-21(16-26(25)35-4)17-29-30-27(32)18-31(24-12-9-22(28)15-20(24)3)37(33,34)23-10-6-19(2)7-11-23/h5-13,15-17H,1,14,18H2,2-4H3,(H,30,32)/b29-17-. The van der Waals surface area contributed by atoms with Crippen LogP contribution in [0.3, 0.4) is 0 Å². The number of hydrazone groups is 1. The van der Waals surface area contributed by atoms with E-state index in [0.29, 0.717) is 39.9 Å². The molecule has 0 atom stereocenters. The van der Waals surface area contributed by atoms with E-state index in [-0.39, 0.29) is 4.90 Å². The third kappa shape index (κ3) is 7.12. The van der Waals surface area contributed by atoms with E-state index in [4.69, 9.17) is 21.1 Å². The number of carbonyl (C=O) groups is 1. The molecule has 8 nitrogen and oxygen atoms in total. The molecule has 0 aliphatic rings. The zero-order valence-corrected chi connectivity index (χ0v) is 22.3. The monoisotopic (exact) mass is 541 g/mol. The Labute approximate surface area is 222 Å². The number of amides is 1. The molecule has 0 aliphatic carbocycles. The molecule has 0 spiro atoms. The number of halogens is 1. The van der Waals surface area contributed by atoms with E-state index in [1.807, 2.05) is 6.92 Å². The third-order valence-electron chi connectivity index (χ3n) is 5.27. The maximum atomic E-state index is 13.5. The topological polar surface area (TPSA) is 97.3 Å². The summed E-state index contributed by atoms with van der Waals surface area (Å²) in [6, 6.07) is 16.4. The van der Waals surface area contributed by atoms with Crippen LogP contribution in [0.15, 0.2) is 83.3 Å². The van der Waals surface area contributed by atoms with Gasteiger partial charge in [0.2, 0.25) is 0 Å². The lowest BCUT2D eigenvalue weighted by molar-refractivity contribution is -0.119. The molecular weight excluding hydrogens is 514 g/mol. The second-order valence-electron chi connectivity index (χ2n) is 8.06. The van der Waals surface area contributed by atoms with Crippen LogP contribution in [0.5, 0.6) is 11.5 Å². The molecule has 0 fully saturated rings. The highest BCUT2D eigenvalue weighted by Gasteiger charge is 2.28. The highest BCUT2D eigenvalue weighted by molar-refractivity contribution is 7.92. The molecule has 1 amide bonds. The first kappa shape index (κ1) is 27.8. The maximum Gasteiger partial charge on any atom is 0.264 e. The molecule has 37 heavy (non-hydrogen) atoms. The Kier molecular flexibility index (Phi) is 9.32. The summed E-state index contributed by atoms with van der Waals surface area (Å²) in [6.07, 6.45) is 3.04. The average molecular weight is 542 g/mol. The van der Waals surface area contributed by atoms with Gasteiger partial charge < -0.3 is 9.47 Å². The number of anilines is 1. The molecule has 0 aromatic heterocycles. The number of benzene rings is 3. The van der Waals surface area contributed by atoms with Gasteiger partial charge >= 0.3 is 0 Å². The van der Waals surface area contributed by atoms with Gasteiger partial charge in [0.15, 0.2) is 11.5 Å². The van der Waals surface area contributed by atoms with E-state index < -0.39 is 22.5 Å². The summed E-state index contributed by atoms with van der Waals surface area (Å²) in [5.74, 6) is 0.406. The third-order valence-corrected chi connectivity index (χ3v) is 7.28. The highest BCUT2D eigenvalue weighted by atomic mass is 35.5. The summed E-state index contributed by atoms with van der Waals surface area (Å²) < 4.78 is 39.0. The van der Waals surface area contributed by atoms with Gasteiger partial charge in [-0.2, -0.15) is 5.10 Å². The number of sulfonamides is 1. The van der Waals surface area contributed by atoms with E-state index in [2.05, 4.69) is 17.1 Å². The zero-order chi connectivity index (χ0) is 27.0. The summed E-state index contributed by atoms with van der Waals surface area (Å²) in [6.45, 7) is 7.04. The van der Waals surface area contributed by atoms with E-state index in [1.54, 1.807) is 61.5 Å². The summed E-state index contributed by atoms with van der Waals surface area (Å²) in [4.78, 5) is 12.9. The minimum Gasteiger partial charge on any atom is -0.493 e. The van der Waals surface area contributed by atoms with Crippen molar-refractivity contribution in [2.45, 2.75) is 18.7 Å². The van der Waals surface area contributed by atoms with Crippen LogP contribution in [0.25, 0.3) is 0 Å². The van der Waals surface area contributed by atoms with Gasteiger partial charge in [-0.05, 0) is 73.5 Å². The largest absolute Gasteiger partial charge is 0.493 e. The molecule has 3 aromatic rings. The molecule has 3 aromatic carbocycles. The Bertz CT molecular complexity index is 1410. The maximum absolute atomic E-state index is 13.5. The number of hydrogen-bond acceptors (Lipinski definition) is 6. The Morgan fingerprint density at radius 1 is 1.08 bits per heavy atom. The van der Waals surface area contributed by atoms with E-state index in [0.717, 1.165) is 9.87 Å². The second-order valence-corrected chi connectivity index (χ2v) is 10.4. The van der Waals surface area contributed by atoms with Crippen LogP contribution in [0.2, 0.25) is 5.02 Å². The van der Waals surface area contributed by atoms with Crippen molar-refractivity contribution in [3.8, 4) is 11.5 Å². The van der Waals surface area contributed by atoms with Crippen molar-refractivity contribution in [1.29, 1.82) is 0 Å². The first-order chi connectivity index (χ1) is 17.6. The van der Waals surface area contributed by atoms with Crippen LogP contribution in [0, 0.1) is 13.8 Å². The van der Waals surface area contributed by atoms with Gasteiger partial charge in [-0.15, -0.1) is 0 Å². The van der Waals surface area contributed by atoms with Crippen LogP contribution < -0.4 is 19.2 Å². The van der Waals surface area contributed by atoms with Crippen molar-refractivity contribution in [3.05, 3.63) is 95.0 Å². The summed E-state index contributed by atoms with van der Waals surface area (Å²) >= 11 is 6.07. The van der Waals surface area contributed by atoms with Gasteiger partial charge in [0, 0.05) is 5.02 Å². The Hall–Kier alpha value is -3.82. The quantitative estimate of drug-likeness (QED) is 0.212. The Balaban J connectivity index is 1.82. The molecule has 0 bridgehead atoms. The Morgan fingerprint density at radius 3 is 2.46 bits per heavy atom. The summed E-state index contributed by atoms with van der Waals surface area (Å²) in [7, 11) is -2.55. The van der Waals surface area contributed by atoms with Crippen LogP contribution in [-0.2, 0) is 14.8 Å². The van der Waals surface area contributed by atoms with Crippen molar-refractivity contribution in [3.63, 3.8) is 0 Å². The van der Waals surface area contributed by atoms with Crippen LogP contribution in [0.4, 0.5) is 5.69 Å². The van der Waals surface area contributed by atoms with Crippen molar-refractivity contribution in [2.24, 2.45) is 5.10 Å². The SMILES string of the molecule is C=CCOc1ccc(/C=N\NC(=O)CN(c2ccc(Cl)cc2C)S(=O)(=O)c2ccc(C)cc2)cc1OC. The number of nitrogens with zero attached hydrogens (tertiary/aromatic N) is 2. The number of aryl methyl sites for hydroxylation is 2. The number of carbonyl (C=O) groups excluding carboxylic acids is 1. The van der Waals surface area contributed by atoms with Crippen LogP contribution >= 0.6 is 11.6 Å². The van der Waals surface area contributed by atoms with Crippen molar-refractivity contribution in [2.75, 3.05) is 24.6 Å². The summed E-state index contributed by atoms with van der Waals surface area (Å²) in [5, 5.41) is 4.44. The van der Waals surface area contributed by atoms with Gasteiger partial charge in [-0.3, -0.25) is 9.10 Å². The molecule has 194 valence electrons. The normalized spacial score (nSPS) is 11.2. The first-order valence-corrected chi connectivity index (χ1v) is 13.1. The minimum absolute atomic E-state index is 0.0645. The highest BCUT2D eigenvalue weighted by Crippen LogP contribution is 2.29. The lowest BCUT2D eigenvalue weighted by atomic mass is 10.2. The van der Waals surface area contributed by atoms with E-state index in [1.165, 1.54) is 25.5 Å². The zero-order valence-electron chi connectivity index (χ0n) is 20.8. The van der Waals surface area contributed by atoms with Gasteiger partial charge in [-0.25, -0.2) is 13.8 Å². The molecule has 10 heteroatoms. The molecule has 0 unspecified atom stereocenters. The van der Waals surface area contributed by atoms with Gasteiger partial charge in [0.1, 0.15) is 13.2 Å². The molecule has 1 N–H and O–H groups in total. The van der Waals surface area contributed by atoms with Crippen LogP contribution in [0.1, 0.15) is 16.7 Å². The molecule has 0 heterocycles. The second kappa shape index (κ2) is 12.4. The van der Waals surface area contributed by atoms with Crippen LogP contribution in [-0.4, -0.2) is 40.8 Å². The molecular formula is C27H28ClN3O5S. The number of hydrogen-bond donors (Lipinski definition) is 1. The number of rotatable bonds is 11. The fourth-order valence-electron chi connectivity index (χ4n) is 3.41. The fourth-order valence-corrected chi connectivity index (χ4v) is 5.13. The van der Waals surface area contributed by atoms with Gasteiger partial charge in [0.25, 0.3) is 15.9 Å². The van der Waals surface area contributed by atoms with E-state index in [9.17, 15) is 13.2 Å².